The minimum absolute atomic E-state index is 0. The van der Waals surface area contributed by atoms with Crippen LogP contribution in [0.5, 0.6) is 0 Å². The first-order valence-corrected chi connectivity index (χ1v) is 8.29. The van der Waals surface area contributed by atoms with Gasteiger partial charge in [-0.05, 0) is 6.42 Å². The van der Waals surface area contributed by atoms with Crippen molar-refractivity contribution in [2.75, 3.05) is 6.61 Å². The van der Waals surface area contributed by atoms with E-state index in [1.807, 2.05) is 0 Å². The molecule has 6 heteroatoms. The van der Waals surface area contributed by atoms with Gasteiger partial charge in [-0.3, -0.25) is 4.52 Å². The summed E-state index contributed by atoms with van der Waals surface area (Å²) in [6.45, 7) is 2.39. The number of phosphoric ester groups is 1. The summed E-state index contributed by atoms with van der Waals surface area (Å²) in [6.07, 6.45) is 12.0. The second kappa shape index (κ2) is 15.1. The molecule has 0 heterocycles. The zero-order valence-corrected chi connectivity index (χ0v) is 16.0. The molecule has 0 aliphatic carbocycles. The Morgan fingerprint density at radius 1 is 0.833 bits per heavy atom. The first-order chi connectivity index (χ1) is 8.06. The van der Waals surface area contributed by atoms with Gasteiger partial charge in [0.25, 0.3) is 0 Å². The smallest absolute Gasteiger partial charge is 0.303 e. The molecule has 0 saturated heterocycles. The fraction of sp³-hybridized carbons (Fsp3) is 1.00. The van der Waals surface area contributed by atoms with E-state index < -0.39 is 7.82 Å². The van der Waals surface area contributed by atoms with Gasteiger partial charge < -0.3 is 9.79 Å². The fourth-order valence-electron chi connectivity index (χ4n) is 1.77. The Morgan fingerprint density at radius 2 is 1.22 bits per heavy atom. The molecule has 0 bridgehead atoms. The van der Waals surface area contributed by atoms with E-state index in [0.717, 1.165) is 19.3 Å². The van der Waals surface area contributed by atoms with Crippen molar-refractivity contribution >= 4 is 7.82 Å². The van der Waals surface area contributed by atoms with E-state index in [2.05, 4.69) is 11.4 Å². The van der Waals surface area contributed by atoms with Crippen molar-refractivity contribution in [1.82, 2.24) is 0 Å². The average Bonchev–Trinajstić information content (AvgIpc) is 2.24. The van der Waals surface area contributed by atoms with Gasteiger partial charge in [-0.2, -0.15) is 0 Å². The molecule has 0 aromatic carbocycles. The molecular weight excluding hydrogens is 278 g/mol. The van der Waals surface area contributed by atoms with Crippen molar-refractivity contribution in [1.29, 1.82) is 0 Å². The van der Waals surface area contributed by atoms with Crippen LogP contribution in [0.4, 0.5) is 0 Å². The van der Waals surface area contributed by atoms with Crippen molar-refractivity contribution in [2.45, 2.75) is 71.1 Å². The third-order valence-electron chi connectivity index (χ3n) is 2.76. The van der Waals surface area contributed by atoms with Crippen LogP contribution < -0.4 is 51.4 Å². The molecule has 0 aliphatic rings. The van der Waals surface area contributed by atoms with Crippen molar-refractivity contribution in [3.8, 4) is 0 Å². The topological polar surface area (TPSA) is 66.8 Å². The molecule has 0 amide bonds. The van der Waals surface area contributed by atoms with Gasteiger partial charge in [-0.15, -0.1) is 0 Å². The predicted molar refractivity (Wildman–Crippen MR) is 69.8 cm³/mol. The van der Waals surface area contributed by atoms with Crippen molar-refractivity contribution < 1.29 is 70.3 Å². The number of hydrogen-bond acceptors (Lipinski definition) is 2. The van der Waals surface area contributed by atoms with E-state index in [4.69, 9.17) is 9.79 Å². The van der Waals surface area contributed by atoms with E-state index in [0.29, 0.717) is 0 Å². The van der Waals surface area contributed by atoms with E-state index in [9.17, 15) is 4.57 Å². The molecule has 2 N–H and O–H groups in total. The summed E-state index contributed by atoms with van der Waals surface area (Å²) in [5.41, 5.74) is 0. The van der Waals surface area contributed by atoms with Gasteiger partial charge >= 0.3 is 59.2 Å². The molecule has 0 fully saturated rings. The Kier molecular flexibility index (Phi) is 18.5. The SMILES string of the molecule is CCCCCCCCCCCCOP(=O)(O)O.[K+]. The van der Waals surface area contributed by atoms with Gasteiger partial charge in [-0.25, -0.2) is 4.57 Å². The van der Waals surface area contributed by atoms with E-state index in [1.54, 1.807) is 0 Å². The van der Waals surface area contributed by atoms with E-state index >= 15 is 0 Å². The minimum atomic E-state index is -4.24. The maximum atomic E-state index is 10.4. The van der Waals surface area contributed by atoms with Crippen LogP contribution in [0.2, 0.25) is 0 Å². The second-order valence-electron chi connectivity index (χ2n) is 4.51. The van der Waals surface area contributed by atoms with Crippen molar-refractivity contribution in [3.63, 3.8) is 0 Å². The molecule has 104 valence electrons. The van der Waals surface area contributed by atoms with Gasteiger partial charge in [0.2, 0.25) is 0 Å². The summed E-state index contributed by atoms with van der Waals surface area (Å²) in [5, 5.41) is 0. The molecule has 0 aromatic heterocycles. The van der Waals surface area contributed by atoms with Crippen LogP contribution in [-0.4, -0.2) is 16.4 Å². The number of hydrogen-bond donors (Lipinski definition) is 2. The molecular formula is C12H27KO4P+. The maximum Gasteiger partial charge on any atom is 1.00 e. The second-order valence-corrected chi connectivity index (χ2v) is 5.75. The number of rotatable bonds is 12. The number of unbranched alkanes of at least 4 members (excludes halogenated alkanes) is 9. The molecule has 0 aliphatic heterocycles. The van der Waals surface area contributed by atoms with Crippen LogP contribution in [0.15, 0.2) is 0 Å². The predicted octanol–water partition coefficient (Wildman–Crippen LogP) is 1.02. The third kappa shape index (κ3) is 20.1. The van der Waals surface area contributed by atoms with Gasteiger partial charge in [-0.1, -0.05) is 64.7 Å². The zero-order chi connectivity index (χ0) is 13.0. The maximum absolute atomic E-state index is 10.4. The zero-order valence-electron chi connectivity index (χ0n) is 11.9. The van der Waals surface area contributed by atoms with Crippen molar-refractivity contribution in [2.24, 2.45) is 0 Å². The molecule has 0 radical (unpaired) electrons. The van der Waals surface area contributed by atoms with Crippen LogP contribution >= 0.6 is 7.82 Å². The largest absolute Gasteiger partial charge is 1.00 e. The van der Waals surface area contributed by atoms with Crippen LogP contribution in [0.3, 0.4) is 0 Å². The summed E-state index contributed by atoms with van der Waals surface area (Å²) < 4.78 is 14.7. The minimum Gasteiger partial charge on any atom is -0.303 e. The Balaban J connectivity index is 0. The Hall–Kier alpha value is 1.75. The van der Waals surface area contributed by atoms with Crippen LogP contribution in [0.25, 0.3) is 0 Å². The standard InChI is InChI=1S/C12H27O4P.K/c1-2-3-4-5-6-7-8-9-10-11-12-16-17(13,14)15;/h2-12H2,1H3,(H2,13,14,15);/q;+1. The van der Waals surface area contributed by atoms with Gasteiger partial charge in [0.05, 0.1) is 6.61 Å². The molecule has 0 rings (SSSR count). The summed E-state index contributed by atoms with van der Waals surface area (Å²) in [6, 6.07) is 0. The Bertz CT molecular complexity index is 208. The van der Waals surface area contributed by atoms with Crippen LogP contribution in [-0.2, 0) is 9.09 Å². The van der Waals surface area contributed by atoms with Gasteiger partial charge in [0.1, 0.15) is 0 Å². The van der Waals surface area contributed by atoms with E-state index in [1.165, 1.54) is 44.9 Å². The van der Waals surface area contributed by atoms with Crippen LogP contribution in [0.1, 0.15) is 71.1 Å². The number of phosphoric acid groups is 1. The Morgan fingerprint density at radius 3 is 1.61 bits per heavy atom. The average molecular weight is 305 g/mol. The van der Waals surface area contributed by atoms with E-state index in [-0.39, 0.29) is 58.0 Å². The molecule has 0 unspecified atom stereocenters. The molecule has 18 heavy (non-hydrogen) atoms. The molecule has 0 spiro atoms. The van der Waals surface area contributed by atoms with Gasteiger partial charge in [0.15, 0.2) is 0 Å². The third-order valence-corrected chi connectivity index (χ3v) is 3.28. The van der Waals surface area contributed by atoms with Gasteiger partial charge in [0, 0.05) is 0 Å². The first kappa shape index (κ1) is 22.0. The summed E-state index contributed by atoms with van der Waals surface area (Å²) in [5.74, 6) is 0. The normalized spacial score (nSPS) is 11.3. The quantitative estimate of drug-likeness (QED) is 0.321. The molecule has 0 saturated carbocycles. The van der Waals surface area contributed by atoms with Crippen molar-refractivity contribution in [3.05, 3.63) is 0 Å². The fourth-order valence-corrected chi connectivity index (χ4v) is 2.14. The summed E-state index contributed by atoms with van der Waals surface area (Å²) in [4.78, 5) is 16.9. The monoisotopic (exact) mass is 305 g/mol. The molecule has 0 aromatic rings. The first-order valence-electron chi connectivity index (χ1n) is 6.76. The Labute approximate surface area is 154 Å². The van der Waals surface area contributed by atoms with Crippen LogP contribution in [0, 0.1) is 0 Å². The summed E-state index contributed by atoms with van der Waals surface area (Å²) >= 11 is 0. The molecule has 0 atom stereocenters. The summed E-state index contributed by atoms with van der Waals surface area (Å²) in [7, 11) is -4.24. The molecule has 4 nitrogen and oxygen atoms in total.